The van der Waals surface area contributed by atoms with Gasteiger partial charge in [-0.1, -0.05) is 0 Å². The van der Waals surface area contributed by atoms with E-state index >= 15 is 0 Å². The number of benzene rings is 1. The Morgan fingerprint density at radius 2 is 1.90 bits per heavy atom. The van der Waals surface area contributed by atoms with Crippen molar-refractivity contribution in [3.05, 3.63) is 59.3 Å². The third-order valence-electron chi connectivity index (χ3n) is 3.02. The second kappa shape index (κ2) is 7.59. The van der Waals surface area contributed by atoms with E-state index < -0.39 is 0 Å². The molecule has 0 radical (unpaired) electrons. The summed E-state index contributed by atoms with van der Waals surface area (Å²) in [4.78, 5) is 11.7. The molecule has 2 aromatic rings. The van der Waals surface area contributed by atoms with Gasteiger partial charge >= 0.3 is 0 Å². The summed E-state index contributed by atoms with van der Waals surface area (Å²) in [6.07, 6.45) is 0.812. The van der Waals surface area contributed by atoms with Crippen molar-refractivity contribution in [1.82, 2.24) is 10.6 Å². The summed E-state index contributed by atoms with van der Waals surface area (Å²) in [7, 11) is 0. The molecule has 0 saturated carbocycles. The zero-order chi connectivity index (χ0) is 15.1. The molecule has 2 N–H and O–H groups in total. The zero-order valence-electron chi connectivity index (χ0n) is 12.0. The molecule has 0 bridgehead atoms. The van der Waals surface area contributed by atoms with E-state index in [1.807, 2.05) is 19.1 Å². The van der Waals surface area contributed by atoms with Gasteiger partial charge in [-0.3, -0.25) is 4.79 Å². The van der Waals surface area contributed by atoms with Gasteiger partial charge in [-0.05, 0) is 56.3 Å². The molecule has 5 heteroatoms. The fraction of sp³-hybridized carbons (Fsp3) is 0.312. The Labute approximate surface area is 123 Å². The predicted molar refractivity (Wildman–Crippen MR) is 78.5 cm³/mol. The summed E-state index contributed by atoms with van der Waals surface area (Å²) in [5.41, 5.74) is 0.468. The maximum Gasteiger partial charge on any atom is 0.251 e. The number of hydrogen-bond donors (Lipinski definition) is 2. The van der Waals surface area contributed by atoms with Crippen LogP contribution in [0.25, 0.3) is 0 Å². The molecular weight excluding hydrogens is 271 g/mol. The van der Waals surface area contributed by atoms with E-state index in [4.69, 9.17) is 4.42 Å². The summed E-state index contributed by atoms with van der Waals surface area (Å²) in [6, 6.07) is 9.38. The Balaban J connectivity index is 1.59. The Hall–Kier alpha value is -2.14. The van der Waals surface area contributed by atoms with Gasteiger partial charge in [0, 0.05) is 12.1 Å². The van der Waals surface area contributed by atoms with Crippen molar-refractivity contribution in [1.29, 1.82) is 0 Å². The summed E-state index contributed by atoms with van der Waals surface area (Å²) in [6.45, 7) is 3.94. The number of carbonyl (C=O) groups is 1. The molecule has 21 heavy (non-hydrogen) atoms. The number of amides is 1. The van der Waals surface area contributed by atoms with Gasteiger partial charge in [0.05, 0.1) is 6.54 Å². The van der Waals surface area contributed by atoms with Crippen molar-refractivity contribution < 1.29 is 13.6 Å². The lowest BCUT2D eigenvalue weighted by atomic mass is 10.2. The molecule has 0 atom stereocenters. The molecule has 1 amide bonds. The van der Waals surface area contributed by atoms with Crippen molar-refractivity contribution >= 4 is 5.91 Å². The van der Waals surface area contributed by atoms with Crippen molar-refractivity contribution in [3.8, 4) is 0 Å². The molecule has 0 aliphatic heterocycles. The minimum Gasteiger partial charge on any atom is -0.465 e. The largest absolute Gasteiger partial charge is 0.465 e. The van der Waals surface area contributed by atoms with E-state index in [-0.39, 0.29) is 11.7 Å². The van der Waals surface area contributed by atoms with Crippen LogP contribution >= 0.6 is 0 Å². The van der Waals surface area contributed by atoms with Crippen molar-refractivity contribution in [2.45, 2.75) is 19.9 Å². The first-order chi connectivity index (χ1) is 10.1. The van der Waals surface area contributed by atoms with Gasteiger partial charge in [0.1, 0.15) is 17.3 Å². The standard InChI is InChI=1S/C16H19FN2O2/c1-12-3-8-15(21-12)11-18-9-2-10-19-16(20)13-4-6-14(17)7-5-13/h3-8,18H,2,9-11H2,1H3,(H,19,20). The van der Waals surface area contributed by atoms with Crippen molar-refractivity contribution in [2.75, 3.05) is 13.1 Å². The molecule has 1 aromatic heterocycles. The maximum atomic E-state index is 12.7. The molecule has 1 heterocycles. The second-order valence-electron chi connectivity index (χ2n) is 4.81. The quantitative estimate of drug-likeness (QED) is 0.771. The van der Waals surface area contributed by atoms with Crippen LogP contribution < -0.4 is 10.6 Å². The van der Waals surface area contributed by atoms with E-state index in [1.165, 1.54) is 24.3 Å². The SMILES string of the molecule is Cc1ccc(CNCCCNC(=O)c2ccc(F)cc2)o1. The van der Waals surface area contributed by atoms with Crippen LogP contribution in [0.1, 0.15) is 28.3 Å². The molecule has 0 spiro atoms. The van der Waals surface area contributed by atoms with Crippen LogP contribution in [0.15, 0.2) is 40.8 Å². The van der Waals surface area contributed by atoms with Gasteiger partial charge in [-0.25, -0.2) is 4.39 Å². The van der Waals surface area contributed by atoms with Gasteiger partial charge in [-0.2, -0.15) is 0 Å². The van der Waals surface area contributed by atoms with Crippen molar-refractivity contribution in [3.63, 3.8) is 0 Å². The number of carbonyl (C=O) groups excluding carboxylic acids is 1. The third kappa shape index (κ3) is 5.04. The van der Waals surface area contributed by atoms with E-state index in [0.29, 0.717) is 18.7 Å². The van der Waals surface area contributed by atoms with Crippen LogP contribution in [0.5, 0.6) is 0 Å². The number of furan rings is 1. The molecule has 0 fully saturated rings. The lowest BCUT2D eigenvalue weighted by Crippen LogP contribution is -2.27. The highest BCUT2D eigenvalue weighted by Crippen LogP contribution is 2.05. The normalized spacial score (nSPS) is 10.6. The minimum absolute atomic E-state index is 0.184. The van der Waals surface area contributed by atoms with Gasteiger partial charge in [0.25, 0.3) is 5.91 Å². The number of halogens is 1. The molecule has 1 aromatic carbocycles. The highest BCUT2D eigenvalue weighted by atomic mass is 19.1. The van der Waals surface area contributed by atoms with Gasteiger partial charge in [-0.15, -0.1) is 0 Å². The first kappa shape index (κ1) is 15.3. The molecule has 0 unspecified atom stereocenters. The molecular formula is C16H19FN2O2. The van der Waals surface area contributed by atoms with Crippen LogP contribution in [0, 0.1) is 12.7 Å². The Bertz CT molecular complexity index is 578. The highest BCUT2D eigenvalue weighted by molar-refractivity contribution is 5.94. The van der Waals surface area contributed by atoms with Crippen molar-refractivity contribution in [2.24, 2.45) is 0 Å². The first-order valence-corrected chi connectivity index (χ1v) is 6.95. The van der Waals surface area contributed by atoms with Gasteiger partial charge in [0.2, 0.25) is 0 Å². The smallest absolute Gasteiger partial charge is 0.251 e. The van der Waals surface area contributed by atoms with E-state index in [0.717, 1.165) is 24.5 Å². The van der Waals surface area contributed by atoms with Crippen LogP contribution in [0.2, 0.25) is 0 Å². The van der Waals surface area contributed by atoms with Crippen LogP contribution in [-0.2, 0) is 6.54 Å². The van der Waals surface area contributed by atoms with Crippen LogP contribution in [0.4, 0.5) is 4.39 Å². The fourth-order valence-electron chi connectivity index (χ4n) is 1.91. The maximum absolute atomic E-state index is 12.7. The number of aryl methyl sites for hydroxylation is 1. The Kier molecular flexibility index (Phi) is 5.51. The Morgan fingerprint density at radius 1 is 1.14 bits per heavy atom. The average molecular weight is 290 g/mol. The van der Waals surface area contributed by atoms with E-state index in [1.54, 1.807) is 0 Å². The number of nitrogens with one attached hydrogen (secondary N) is 2. The molecule has 0 aliphatic carbocycles. The lowest BCUT2D eigenvalue weighted by Gasteiger charge is -2.06. The monoisotopic (exact) mass is 290 g/mol. The topological polar surface area (TPSA) is 54.3 Å². The molecule has 4 nitrogen and oxygen atoms in total. The summed E-state index contributed by atoms with van der Waals surface area (Å²) in [5, 5.41) is 6.04. The summed E-state index contributed by atoms with van der Waals surface area (Å²) < 4.78 is 18.2. The molecule has 112 valence electrons. The van der Waals surface area contributed by atoms with Gasteiger partial charge < -0.3 is 15.1 Å². The number of rotatable bonds is 7. The summed E-state index contributed by atoms with van der Waals surface area (Å²) in [5.74, 6) is 1.28. The third-order valence-corrected chi connectivity index (χ3v) is 3.02. The number of hydrogen-bond acceptors (Lipinski definition) is 3. The Morgan fingerprint density at radius 3 is 2.57 bits per heavy atom. The lowest BCUT2D eigenvalue weighted by molar-refractivity contribution is 0.0953. The average Bonchev–Trinajstić information content (AvgIpc) is 2.89. The summed E-state index contributed by atoms with van der Waals surface area (Å²) >= 11 is 0. The predicted octanol–water partition coefficient (Wildman–Crippen LogP) is 2.64. The van der Waals surface area contributed by atoms with Crippen LogP contribution in [-0.4, -0.2) is 19.0 Å². The zero-order valence-corrected chi connectivity index (χ0v) is 12.0. The van der Waals surface area contributed by atoms with Crippen LogP contribution in [0.3, 0.4) is 0 Å². The second-order valence-corrected chi connectivity index (χ2v) is 4.81. The fourth-order valence-corrected chi connectivity index (χ4v) is 1.91. The van der Waals surface area contributed by atoms with E-state index in [2.05, 4.69) is 10.6 Å². The first-order valence-electron chi connectivity index (χ1n) is 6.95. The highest BCUT2D eigenvalue weighted by Gasteiger charge is 2.04. The van der Waals surface area contributed by atoms with E-state index in [9.17, 15) is 9.18 Å². The minimum atomic E-state index is -0.344. The van der Waals surface area contributed by atoms with Gasteiger partial charge in [0.15, 0.2) is 0 Å². The molecule has 0 aliphatic rings. The molecule has 0 saturated heterocycles. The molecule has 2 rings (SSSR count).